The van der Waals surface area contributed by atoms with E-state index in [1.165, 1.54) is 5.56 Å². The Bertz CT molecular complexity index is 549. The van der Waals surface area contributed by atoms with E-state index >= 15 is 0 Å². The third-order valence-corrected chi connectivity index (χ3v) is 4.88. The van der Waals surface area contributed by atoms with E-state index in [0.29, 0.717) is 25.9 Å². The minimum Gasteiger partial charge on any atom is -0.376 e. The van der Waals surface area contributed by atoms with Crippen LogP contribution in [0.3, 0.4) is 0 Å². The minimum absolute atomic E-state index is 0.292. The zero-order chi connectivity index (χ0) is 17.5. The molecule has 0 unspecified atom stereocenters. The Kier molecular flexibility index (Phi) is 6.98. The molecule has 3 heterocycles. The van der Waals surface area contributed by atoms with Crippen molar-refractivity contribution < 1.29 is 9.47 Å². The summed E-state index contributed by atoms with van der Waals surface area (Å²) >= 11 is 0. The van der Waals surface area contributed by atoms with Gasteiger partial charge in [0, 0.05) is 57.9 Å². The number of aromatic nitrogens is 2. The molecule has 2 aliphatic rings. The van der Waals surface area contributed by atoms with E-state index in [-0.39, 0.29) is 0 Å². The van der Waals surface area contributed by atoms with Crippen LogP contribution in [-0.4, -0.2) is 66.9 Å². The molecule has 0 radical (unpaired) electrons. The Morgan fingerprint density at radius 1 is 1.32 bits per heavy atom. The highest BCUT2D eigenvalue weighted by Crippen LogP contribution is 2.23. The summed E-state index contributed by atoms with van der Waals surface area (Å²) in [5.41, 5.74) is 8.13. The number of anilines is 1. The topological polar surface area (TPSA) is 85.5 Å². The van der Waals surface area contributed by atoms with Gasteiger partial charge in [-0.25, -0.2) is 9.97 Å². The number of nitrogens with zero attached hydrogens (tertiary/aromatic N) is 3. The van der Waals surface area contributed by atoms with Crippen LogP contribution in [0.25, 0.3) is 0 Å². The predicted octanol–water partition coefficient (Wildman–Crippen LogP) is 0.963. The van der Waals surface area contributed by atoms with E-state index in [4.69, 9.17) is 25.2 Å². The molecular formula is C18H31N5O2. The fourth-order valence-electron chi connectivity index (χ4n) is 3.52. The van der Waals surface area contributed by atoms with E-state index in [2.05, 4.69) is 10.2 Å². The highest BCUT2D eigenvalue weighted by atomic mass is 16.5. The SMILES string of the molecule is CCOCc1nc2c(c(NC[C@@H]3CCCO3)n1)CCN(CCN)CC2. The van der Waals surface area contributed by atoms with Gasteiger partial charge in [0.05, 0.1) is 11.8 Å². The first-order valence-corrected chi connectivity index (χ1v) is 9.54. The number of ether oxygens (including phenoxy) is 2. The summed E-state index contributed by atoms with van der Waals surface area (Å²) in [4.78, 5) is 11.9. The molecule has 1 aromatic heterocycles. The second-order valence-corrected chi connectivity index (χ2v) is 6.70. The molecule has 0 bridgehead atoms. The van der Waals surface area contributed by atoms with Crippen molar-refractivity contribution in [2.24, 2.45) is 5.73 Å². The van der Waals surface area contributed by atoms with Crippen LogP contribution in [0.2, 0.25) is 0 Å². The first-order valence-electron chi connectivity index (χ1n) is 9.54. The van der Waals surface area contributed by atoms with E-state index in [1.807, 2.05) is 6.92 Å². The Balaban J connectivity index is 1.76. The van der Waals surface area contributed by atoms with Crippen molar-refractivity contribution in [3.8, 4) is 0 Å². The Morgan fingerprint density at radius 2 is 2.20 bits per heavy atom. The summed E-state index contributed by atoms with van der Waals surface area (Å²) in [6.07, 6.45) is 4.46. The van der Waals surface area contributed by atoms with Crippen LogP contribution in [0, 0.1) is 0 Å². The van der Waals surface area contributed by atoms with Crippen molar-refractivity contribution in [2.45, 2.75) is 45.3 Å². The van der Waals surface area contributed by atoms with Crippen LogP contribution in [0.5, 0.6) is 0 Å². The van der Waals surface area contributed by atoms with E-state index in [9.17, 15) is 0 Å². The lowest BCUT2D eigenvalue weighted by molar-refractivity contribution is 0.120. The highest BCUT2D eigenvalue weighted by Gasteiger charge is 2.21. The smallest absolute Gasteiger partial charge is 0.156 e. The lowest BCUT2D eigenvalue weighted by Crippen LogP contribution is -2.31. The molecule has 3 N–H and O–H groups in total. The van der Waals surface area contributed by atoms with Crippen molar-refractivity contribution in [2.75, 3.05) is 51.3 Å². The summed E-state index contributed by atoms with van der Waals surface area (Å²) in [5.74, 6) is 1.73. The second-order valence-electron chi connectivity index (χ2n) is 6.70. The van der Waals surface area contributed by atoms with Crippen LogP contribution in [-0.2, 0) is 28.9 Å². The molecule has 0 saturated carbocycles. The zero-order valence-corrected chi connectivity index (χ0v) is 15.3. The minimum atomic E-state index is 0.292. The molecule has 7 heteroatoms. The van der Waals surface area contributed by atoms with E-state index in [1.54, 1.807) is 0 Å². The van der Waals surface area contributed by atoms with Gasteiger partial charge < -0.3 is 25.4 Å². The standard InChI is InChI=1S/C18H31N5O2/c1-2-24-13-17-21-16-6-9-23(10-7-19)8-5-15(16)18(22-17)20-12-14-4-3-11-25-14/h14H,2-13,19H2,1H3,(H,20,21,22)/t14-/m0/s1. The number of hydrogen-bond acceptors (Lipinski definition) is 7. The van der Waals surface area contributed by atoms with Gasteiger partial charge in [-0.3, -0.25) is 0 Å². The van der Waals surface area contributed by atoms with E-state index < -0.39 is 0 Å². The maximum atomic E-state index is 5.73. The predicted molar refractivity (Wildman–Crippen MR) is 97.7 cm³/mol. The van der Waals surface area contributed by atoms with Gasteiger partial charge in [0.2, 0.25) is 0 Å². The average Bonchev–Trinajstić information content (AvgIpc) is 3.06. The fourth-order valence-corrected chi connectivity index (χ4v) is 3.52. The summed E-state index contributed by atoms with van der Waals surface area (Å²) in [6.45, 7) is 8.45. The van der Waals surface area contributed by atoms with Crippen molar-refractivity contribution in [3.05, 3.63) is 17.1 Å². The van der Waals surface area contributed by atoms with Crippen molar-refractivity contribution in [1.82, 2.24) is 14.9 Å². The molecule has 3 rings (SSSR count). The first-order chi connectivity index (χ1) is 12.3. The third kappa shape index (κ3) is 5.10. The van der Waals surface area contributed by atoms with Gasteiger partial charge in [0.1, 0.15) is 12.4 Å². The molecule has 0 aromatic carbocycles. The Hall–Kier alpha value is -1.28. The van der Waals surface area contributed by atoms with Crippen LogP contribution in [0.4, 0.5) is 5.82 Å². The summed E-state index contributed by atoms with van der Waals surface area (Å²) in [7, 11) is 0. The highest BCUT2D eigenvalue weighted by molar-refractivity contribution is 5.47. The van der Waals surface area contributed by atoms with E-state index in [0.717, 1.165) is 75.8 Å². The number of rotatable bonds is 8. The van der Waals surface area contributed by atoms with Crippen LogP contribution in [0.1, 0.15) is 36.8 Å². The maximum Gasteiger partial charge on any atom is 0.156 e. The van der Waals surface area contributed by atoms with Gasteiger partial charge in [-0.2, -0.15) is 0 Å². The number of nitrogens with one attached hydrogen (secondary N) is 1. The van der Waals surface area contributed by atoms with Crippen LogP contribution in [0.15, 0.2) is 0 Å². The van der Waals surface area contributed by atoms with Gasteiger partial charge in [-0.1, -0.05) is 0 Å². The van der Waals surface area contributed by atoms with Crippen molar-refractivity contribution in [3.63, 3.8) is 0 Å². The van der Waals surface area contributed by atoms with Gasteiger partial charge in [0.15, 0.2) is 5.82 Å². The number of nitrogens with two attached hydrogens (primary N) is 1. The van der Waals surface area contributed by atoms with Crippen LogP contribution >= 0.6 is 0 Å². The first kappa shape index (κ1) is 18.5. The van der Waals surface area contributed by atoms with Gasteiger partial charge in [-0.05, 0) is 26.2 Å². The normalized spacial score (nSPS) is 21.1. The molecule has 1 fully saturated rings. The maximum absolute atomic E-state index is 5.73. The molecule has 1 saturated heterocycles. The molecule has 140 valence electrons. The Labute approximate surface area is 150 Å². The number of hydrogen-bond donors (Lipinski definition) is 2. The van der Waals surface area contributed by atoms with Gasteiger partial charge in [0.25, 0.3) is 0 Å². The molecule has 2 aliphatic heterocycles. The van der Waals surface area contributed by atoms with Crippen molar-refractivity contribution >= 4 is 5.82 Å². The van der Waals surface area contributed by atoms with Gasteiger partial charge in [-0.15, -0.1) is 0 Å². The monoisotopic (exact) mass is 349 g/mol. The molecule has 1 aromatic rings. The molecule has 0 spiro atoms. The van der Waals surface area contributed by atoms with Crippen LogP contribution < -0.4 is 11.1 Å². The second kappa shape index (κ2) is 9.43. The lowest BCUT2D eigenvalue weighted by Gasteiger charge is -2.18. The summed E-state index contributed by atoms with van der Waals surface area (Å²) in [6, 6.07) is 0. The average molecular weight is 349 g/mol. The molecular weight excluding hydrogens is 318 g/mol. The molecule has 0 aliphatic carbocycles. The molecule has 7 nitrogen and oxygen atoms in total. The van der Waals surface area contributed by atoms with Crippen molar-refractivity contribution in [1.29, 1.82) is 0 Å². The fraction of sp³-hybridized carbons (Fsp3) is 0.778. The summed E-state index contributed by atoms with van der Waals surface area (Å²) in [5, 5.41) is 3.53. The molecule has 25 heavy (non-hydrogen) atoms. The summed E-state index contributed by atoms with van der Waals surface area (Å²) < 4.78 is 11.3. The lowest BCUT2D eigenvalue weighted by atomic mass is 10.1. The largest absolute Gasteiger partial charge is 0.376 e. The molecule has 0 amide bonds. The zero-order valence-electron chi connectivity index (χ0n) is 15.3. The Morgan fingerprint density at radius 3 is 2.96 bits per heavy atom. The third-order valence-electron chi connectivity index (χ3n) is 4.88. The van der Waals surface area contributed by atoms with Gasteiger partial charge >= 0.3 is 0 Å². The molecule has 1 atom stereocenters. The number of fused-ring (bicyclic) bond motifs is 1. The quantitative estimate of drug-likeness (QED) is 0.723.